The van der Waals surface area contributed by atoms with Gasteiger partial charge in [-0.25, -0.2) is 0 Å². The number of rotatable bonds is 3. The second-order valence-electron chi connectivity index (χ2n) is 5.16. The molecule has 0 spiro atoms. The average Bonchev–Trinajstić information content (AvgIpc) is 2.29. The van der Waals surface area contributed by atoms with Gasteiger partial charge < -0.3 is 4.74 Å². The van der Waals surface area contributed by atoms with Crippen molar-refractivity contribution in [1.82, 2.24) is 9.88 Å². The van der Waals surface area contributed by atoms with Gasteiger partial charge in [-0.15, -0.1) is 0 Å². The fraction of sp³-hybridized carbons (Fsp3) is 0.643. The van der Waals surface area contributed by atoms with Crippen molar-refractivity contribution in [1.29, 1.82) is 0 Å². The lowest BCUT2D eigenvalue weighted by Crippen LogP contribution is -2.40. The minimum absolute atomic E-state index is 0.353. The normalized spacial score (nSPS) is 22.0. The second-order valence-corrected chi connectivity index (χ2v) is 5.16. The molecule has 0 aliphatic carbocycles. The van der Waals surface area contributed by atoms with E-state index in [1.54, 1.807) is 0 Å². The third kappa shape index (κ3) is 3.51. The van der Waals surface area contributed by atoms with Gasteiger partial charge in [-0.1, -0.05) is 19.9 Å². The Morgan fingerprint density at radius 3 is 2.88 bits per heavy atom. The molecule has 0 amide bonds. The van der Waals surface area contributed by atoms with Crippen molar-refractivity contribution in [3.63, 3.8) is 0 Å². The SMILES string of the molecule is CC1CN(Cc2ccc(C(C)C)nc2)CCO1. The summed E-state index contributed by atoms with van der Waals surface area (Å²) in [6, 6.07) is 4.34. The van der Waals surface area contributed by atoms with Crippen LogP contribution in [0.1, 0.15) is 37.9 Å². The van der Waals surface area contributed by atoms with E-state index in [1.807, 2.05) is 6.20 Å². The first-order valence-corrected chi connectivity index (χ1v) is 6.44. The van der Waals surface area contributed by atoms with Gasteiger partial charge in [0, 0.05) is 31.5 Å². The van der Waals surface area contributed by atoms with Crippen LogP contribution in [0.3, 0.4) is 0 Å². The minimum Gasteiger partial charge on any atom is -0.376 e. The van der Waals surface area contributed by atoms with Gasteiger partial charge in [0.05, 0.1) is 12.7 Å². The predicted molar refractivity (Wildman–Crippen MR) is 69.0 cm³/mol. The van der Waals surface area contributed by atoms with Crippen LogP contribution in [0.4, 0.5) is 0 Å². The molecule has 1 fully saturated rings. The zero-order chi connectivity index (χ0) is 12.3. The summed E-state index contributed by atoms with van der Waals surface area (Å²) in [5.41, 5.74) is 2.47. The lowest BCUT2D eigenvalue weighted by atomic mass is 10.1. The largest absolute Gasteiger partial charge is 0.376 e. The predicted octanol–water partition coefficient (Wildman–Crippen LogP) is 2.43. The molecule has 1 aromatic heterocycles. The van der Waals surface area contributed by atoms with Crippen LogP contribution in [-0.4, -0.2) is 35.7 Å². The van der Waals surface area contributed by atoms with E-state index in [1.165, 1.54) is 11.3 Å². The fourth-order valence-corrected chi connectivity index (χ4v) is 2.16. The monoisotopic (exact) mass is 234 g/mol. The first-order valence-electron chi connectivity index (χ1n) is 6.44. The number of pyridine rings is 1. The topological polar surface area (TPSA) is 25.4 Å². The van der Waals surface area contributed by atoms with Crippen molar-refractivity contribution in [2.45, 2.75) is 39.3 Å². The lowest BCUT2D eigenvalue weighted by molar-refractivity contribution is -0.0212. The van der Waals surface area contributed by atoms with Gasteiger partial charge >= 0.3 is 0 Å². The highest BCUT2D eigenvalue weighted by molar-refractivity contribution is 5.16. The number of hydrogen-bond acceptors (Lipinski definition) is 3. The van der Waals surface area contributed by atoms with Crippen LogP contribution in [0.5, 0.6) is 0 Å². The zero-order valence-corrected chi connectivity index (χ0v) is 11.0. The summed E-state index contributed by atoms with van der Waals surface area (Å²) in [5, 5.41) is 0. The quantitative estimate of drug-likeness (QED) is 0.803. The maximum atomic E-state index is 5.54. The van der Waals surface area contributed by atoms with Crippen LogP contribution < -0.4 is 0 Å². The summed E-state index contributed by atoms with van der Waals surface area (Å²) in [4.78, 5) is 6.94. The Bertz CT molecular complexity index is 348. The molecule has 1 aliphatic heterocycles. The van der Waals surface area contributed by atoms with Crippen molar-refractivity contribution in [3.05, 3.63) is 29.6 Å². The Morgan fingerprint density at radius 1 is 1.47 bits per heavy atom. The Balaban J connectivity index is 1.94. The summed E-state index contributed by atoms with van der Waals surface area (Å²) < 4.78 is 5.54. The summed E-state index contributed by atoms with van der Waals surface area (Å²) in [5.74, 6) is 0.507. The molecule has 17 heavy (non-hydrogen) atoms. The van der Waals surface area contributed by atoms with Gasteiger partial charge in [0.1, 0.15) is 0 Å². The van der Waals surface area contributed by atoms with Gasteiger partial charge in [-0.3, -0.25) is 9.88 Å². The van der Waals surface area contributed by atoms with Gasteiger partial charge in [0.25, 0.3) is 0 Å². The third-order valence-electron chi connectivity index (χ3n) is 3.17. The van der Waals surface area contributed by atoms with Gasteiger partial charge in [0.2, 0.25) is 0 Å². The van der Waals surface area contributed by atoms with E-state index in [2.05, 4.69) is 42.8 Å². The van der Waals surface area contributed by atoms with E-state index in [0.717, 1.165) is 26.2 Å². The highest BCUT2D eigenvalue weighted by atomic mass is 16.5. The Hall–Kier alpha value is -0.930. The first kappa shape index (κ1) is 12.5. The molecule has 0 aromatic carbocycles. The van der Waals surface area contributed by atoms with Crippen molar-refractivity contribution in [2.24, 2.45) is 0 Å². The number of hydrogen-bond donors (Lipinski definition) is 0. The Kier molecular flexibility index (Phi) is 4.13. The van der Waals surface area contributed by atoms with Crippen LogP contribution in [0.25, 0.3) is 0 Å². The highest BCUT2D eigenvalue weighted by Crippen LogP contribution is 2.13. The summed E-state index contributed by atoms with van der Waals surface area (Å²) in [7, 11) is 0. The Labute approximate surface area is 104 Å². The van der Waals surface area contributed by atoms with Gasteiger partial charge in [0.15, 0.2) is 0 Å². The van der Waals surface area contributed by atoms with E-state index in [4.69, 9.17) is 4.74 Å². The van der Waals surface area contributed by atoms with E-state index in [9.17, 15) is 0 Å². The van der Waals surface area contributed by atoms with Crippen LogP contribution in [0, 0.1) is 0 Å². The lowest BCUT2D eigenvalue weighted by Gasteiger charge is -2.31. The molecule has 1 saturated heterocycles. The first-order chi connectivity index (χ1) is 8.15. The maximum absolute atomic E-state index is 5.54. The molecule has 0 N–H and O–H groups in total. The maximum Gasteiger partial charge on any atom is 0.0674 e. The molecule has 0 radical (unpaired) electrons. The molecule has 2 rings (SSSR count). The van der Waals surface area contributed by atoms with Crippen molar-refractivity contribution >= 4 is 0 Å². The third-order valence-corrected chi connectivity index (χ3v) is 3.17. The summed E-state index contributed by atoms with van der Waals surface area (Å²) in [6.45, 7) is 10.4. The van der Waals surface area contributed by atoms with Gasteiger partial charge in [-0.05, 0) is 24.5 Å². The second kappa shape index (κ2) is 5.61. The van der Waals surface area contributed by atoms with Crippen molar-refractivity contribution < 1.29 is 4.74 Å². The molecule has 2 heterocycles. The smallest absolute Gasteiger partial charge is 0.0674 e. The molecular formula is C14H22N2O. The average molecular weight is 234 g/mol. The fourth-order valence-electron chi connectivity index (χ4n) is 2.16. The molecule has 1 atom stereocenters. The van der Waals surface area contributed by atoms with E-state index >= 15 is 0 Å². The van der Waals surface area contributed by atoms with E-state index in [-0.39, 0.29) is 0 Å². The summed E-state index contributed by atoms with van der Waals surface area (Å²) in [6.07, 6.45) is 2.36. The highest BCUT2D eigenvalue weighted by Gasteiger charge is 2.16. The Morgan fingerprint density at radius 2 is 2.29 bits per heavy atom. The van der Waals surface area contributed by atoms with Crippen LogP contribution in [0.15, 0.2) is 18.3 Å². The molecule has 3 nitrogen and oxygen atoms in total. The standard InChI is InChI=1S/C14H22N2O/c1-11(2)14-5-4-13(8-15-14)10-16-6-7-17-12(3)9-16/h4-5,8,11-12H,6-7,9-10H2,1-3H3. The van der Waals surface area contributed by atoms with Crippen LogP contribution >= 0.6 is 0 Å². The number of ether oxygens (including phenoxy) is 1. The molecular weight excluding hydrogens is 212 g/mol. The zero-order valence-electron chi connectivity index (χ0n) is 11.0. The minimum atomic E-state index is 0.353. The number of nitrogens with zero attached hydrogens (tertiary/aromatic N) is 2. The molecule has 94 valence electrons. The molecule has 3 heteroatoms. The molecule has 0 saturated carbocycles. The summed E-state index contributed by atoms with van der Waals surface area (Å²) >= 11 is 0. The van der Waals surface area contributed by atoms with Gasteiger partial charge in [-0.2, -0.15) is 0 Å². The van der Waals surface area contributed by atoms with Crippen molar-refractivity contribution in [2.75, 3.05) is 19.7 Å². The van der Waals surface area contributed by atoms with E-state index in [0.29, 0.717) is 12.0 Å². The molecule has 1 aromatic rings. The van der Waals surface area contributed by atoms with Crippen LogP contribution in [-0.2, 0) is 11.3 Å². The molecule has 1 unspecified atom stereocenters. The van der Waals surface area contributed by atoms with Crippen LogP contribution in [0.2, 0.25) is 0 Å². The molecule has 1 aliphatic rings. The molecule has 0 bridgehead atoms. The number of aromatic nitrogens is 1. The number of morpholine rings is 1. The van der Waals surface area contributed by atoms with E-state index < -0.39 is 0 Å². The van der Waals surface area contributed by atoms with Crippen molar-refractivity contribution in [3.8, 4) is 0 Å².